The van der Waals surface area contributed by atoms with Crippen LogP contribution in [0.15, 0.2) is 89.5 Å². The second-order valence-electron chi connectivity index (χ2n) is 6.37. The number of hydrogen-bond donors (Lipinski definition) is 0. The van der Waals surface area contributed by atoms with Gasteiger partial charge in [-0.15, -0.1) is 0 Å². The Morgan fingerprint density at radius 1 is 0.759 bits per heavy atom. The summed E-state index contributed by atoms with van der Waals surface area (Å²) in [5.74, 6) is -0.202. The molecule has 0 saturated carbocycles. The summed E-state index contributed by atoms with van der Waals surface area (Å²) in [4.78, 5) is 25.0. The van der Waals surface area contributed by atoms with Crippen LogP contribution in [-0.4, -0.2) is 24.0 Å². The number of methoxy groups -OCH3 is 1. The van der Waals surface area contributed by atoms with E-state index in [9.17, 15) is 9.59 Å². The van der Waals surface area contributed by atoms with Crippen LogP contribution < -0.4 is 0 Å². The van der Waals surface area contributed by atoms with E-state index in [4.69, 9.17) is 9.26 Å². The van der Waals surface area contributed by atoms with E-state index < -0.39 is 5.97 Å². The van der Waals surface area contributed by atoms with Gasteiger partial charge in [-0.1, -0.05) is 78.0 Å². The first-order valence-electron chi connectivity index (χ1n) is 9.02. The number of benzene rings is 3. The Labute approximate surface area is 167 Å². The molecule has 0 bridgehead atoms. The summed E-state index contributed by atoms with van der Waals surface area (Å²) in [6.45, 7) is 0. The quantitative estimate of drug-likeness (QED) is 0.357. The highest BCUT2D eigenvalue weighted by molar-refractivity contribution is 6.15. The number of esters is 1. The molecule has 5 nitrogen and oxygen atoms in total. The largest absolute Gasteiger partial charge is 0.465 e. The SMILES string of the molecule is COC(=O)c1ccc(-c2noc(-c3ccccc3)c2C(=O)c2ccccc2)cc1. The van der Waals surface area contributed by atoms with E-state index in [0.29, 0.717) is 33.7 Å². The number of hydrogen-bond acceptors (Lipinski definition) is 5. The van der Waals surface area contributed by atoms with Crippen LogP contribution in [0.1, 0.15) is 26.3 Å². The fraction of sp³-hybridized carbons (Fsp3) is 0.0417. The monoisotopic (exact) mass is 383 g/mol. The number of carbonyl (C=O) groups excluding carboxylic acids is 2. The lowest BCUT2D eigenvalue weighted by Gasteiger charge is -2.05. The normalized spacial score (nSPS) is 10.5. The number of rotatable bonds is 5. The highest BCUT2D eigenvalue weighted by atomic mass is 16.5. The molecule has 142 valence electrons. The second-order valence-corrected chi connectivity index (χ2v) is 6.37. The molecule has 0 aliphatic rings. The van der Waals surface area contributed by atoms with Gasteiger partial charge < -0.3 is 9.26 Å². The van der Waals surface area contributed by atoms with Gasteiger partial charge in [0.1, 0.15) is 5.69 Å². The molecule has 0 amide bonds. The van der Waals surface area contributed by atoms with Gasteiger partial charge in [0.05, 0.1) is 18.2 Å². The topological polar surface area (TPSA) is 69.4 Å². The first kappa shape index (κ1) is 18.4. The Hall–Kier alpha value is -3.99. The molecule has 0 aliphatic carbocycles. The molecule has 0 radical (unpaired) electrons. The van der Waals surface area contributed by atoms with E-state index in [1.54, 1.807) is 36.4 Å². The molecule has 0 aliphatic heterocycles. The van der Waals surface area contributed by atoms with Crippen molar-refractivity contribution in [3.63, 3.8) is 0 Å². The lowest BCUT2D eigenvalue weighted by atomic mass is 9.95. The molecule has 0 saturated heterocycles. The van der Waals surface area contributed by atoms with Crippen LogP contribution in [0.2, 0.25) is 0 Å². The number of ether oxygens (including phenoxy) is 1. The number of carbonyl (C=O) groups is 2. The fourth-order valence-corrected chi connectivity index (χ4v) is 3.10. The molecule has 0 spiro atoms. The third kappa shape index (κ3) is 3.58. The zero-order chi connectivity index (χ0) is 20.2. The van der Waals surface area contributed by atoms with Gasteiger partial charge in [-0.3, -0.25) is 4.79 Å². The Balaban J connectivity index is 1.85. The molecule has 0 unspecified atom stereocenters. The van der Waals surface area contributed by atoms with Crippen molar-refractivity contribution < 1.29 is 18.8 Å². The maximum absolute atomic E-state index is 13.3. The lowest BCUT2D eigenvalue weighted by Crippen LogP contribution is -2.04. The summed E-state index contributed by atoms with van der Waals surface area (Å²) in [6.07, 6.45) is 0. The van der Waals surface area contributed by atoms with Crippen molar-refractivity contribution in [3.8, 4) is 22.6 Å². The van der Waals surface area contributed by atoms with Gasteiger partial charge in [0, 0.05) is 16.7 Å². The number of ketones is 1. The fourth-order valence-electron chi connectivity index (χ4n) is 3.10. The van der Waals surface area contributed by atoms with Gasteiger partial charge in [-0.05, 0) is 12.1 Å². The lowest BCUT2D eigenvalue weighted by molar-refractivity contribution is 0.0600. The molecule has 29 heavy (non-hydrogen) atoms. The van der Waals surface area contributed by atoms with Gasteiger partial charge in [0.25, 0.3) is 0 Å². The van der Waals surface area contributed by atoms with Gasteiger partial charge in [0.15, 0.2) is 11.5 Å². The van der Waals surface area contributed by atoms with Crippen LogP contribution in [-0.2, 0) is 4.74 Å². The zero-order valence-corrected chi connectivity index (χ0v) is 15.7. The summed E-state index contributed by atoms with van der Waals surface area (Å²) in [5, 5.41) is 4.19. The Kier molecular flexibility index (Phi) is 5.03. The molecular formula is C24H17NO4. The van der Waals surface area contributed by atoms with E-state index in [1.807, 2.05) is 48.5 Å². The minimum absolute atomic E-state index is 0.183. The minimum atomic E-state index is -0.428. The van der Waals surface area contributed by atoms with Crippen molar-refractivity contribution in [3.05, 3.63) is 102 Å². The smallest absolute Gasteiger partial charge is 0.337 e. The average molecular weight is 383 g/mol. The van der Waals surface area contributed by atoms with Gasteiger partial charge in [-0.25, -0.2) is 4.79 Å². The van der Waals surface area contributed by atoms with E-state index in [2.05, 4.69) is 5.16 Å². The number of nitrogens with zero attached hydrogens (tertiary/aromatic N) is 1. The minimum Gasteiger partial charge on any atom is -0.465 e. The Morgan fingerprint density at radius 2 is 1.38 bits per heavy atom. The predicted octanol–water partition coefficient (Wildman–Crippen LogP) is 5.03. The van der Waals surface area contributed by atoms with Crippen LogP contribution in [0, 0.1) is 0 Å². The van der Waals surface area contributed by atoms with Crippen molar-refractivity contribution >= 4 is 11.8 Å². The first-order valence-corrected chi connectivity index (χ1v) is 9.02. The molecular weight excluding hydrogens is 366 g/mol. The highest BCUT2D eigenvalue weighted by Crippen LogP contribution is 2.34. The standard InChI is InChI=1S/C24H17NO4/c1-28-24(27)19-14-12-16(13-15-19)21-20(22(26)17-8-4-2-5-9-17)23(29-25-21)18-10-6-3-7-11-18/h2-15H,1H3. The summed E-state index contributed by atoms with van der Waals surface area (Å²) in [7, 11) is 1.33. The van der Waals surface area contributed by atoms with E-state index in [1.165, 1.54) is 7.11 Å². The maximum Gasteiger partial charge on any atom is 0.337 e. The van der Waals surface area contributed by atoms with Gasteiger partial charge >= 0.3 is 5.97 Å². The Bertz CT molecular complexity index is 1150. The average Bonchev–Trinajstić information content (AvgIpc) is 3.24. The van der Waals surface area contributed by atoms with Crippen molar-refractivity contribution in [2.24, 2.45) is 0 Å². The third-order valence-electron chi connectivity index (χ3n) is 4.57. The summed E-state index contributed by atoms with van der Waals surface area (Å²) in [6, 6.07) is 25.1. The zero-order valence-electron chi connectivity index (χ0n) is 15.7. The van der Waals surface area contributed by atoms with Crippen molar-refractivity contribution in [1.82, 2.24) is 5.16 Å². The molecule has 3 aromatic carbocycles. The molecule has 0 N–H and O–H groups in total. The van der Waals surface area contributed by atoms with Gasteiger partial charge in [0.2, 0.25) is 0 Å². The Morgan fingerprint density at radius 3 is 2.00 bits per heavy atom. The van der Waals surface area contributed by atoms with Crippen LogP contribution in [0.25, 0.3) is 22.6 Å². The maximum atomic E-state index is 13.3. The van der Waals surface area contributed by atoms with Crippen molar-refractivity contribution in [2.45, 2.75) is 0 Å². The second kappa shape index (κ2) is 7.94. The van der Waals surface area contributed by atoms with Crippen LogP contribution in [0.4, 0.5) is 0 Å². The first-order chi connectivity index (χ1) is 14.2. The summed E-state index contributed by atoms with van der Waals surface area (Å²) < 4.78 is 10.4. The van der Waals surface area contributed by atoms with Crippen LogP contribution >= 0.6 is 0 Å². The molecule has 1 heterocycles. The molecule has 4 aromatic rings. The van der Waals surface area contributed by atoms with Gasteiger partial charge in [-0.2, -0.15) is 0 Å². The van der Waals surface area contributed by atoms with E-state index in [-0.39, 0.29) is 5.78 Å². The molecule has 0 fully saturated rings. The molecule has 0 atom stereocenters. The van der Waals surface area contributed by atoms with Crippen molar-refractivity contribution in [2.75, 3.05) is 7.11 Å². The van der Waals surface area contributed by atoms with E-state index in [0.717, 1.165) is 5.56 Å². The third-order valence-corrected chi connectivity index (χ3v) is 4.57. The van der Waals surface area contributed by atoms with E-state index >= 15 is 0 Å². The molecule has 5 heteroatoms. The van der Waals surface area contributed by atoms with Crippen LogP contribution in [0.5, 0.6) is 0 Å². The summed E-state index contributed by atoms with van der Waals surface area (Å²) in [5.41, 5.74) is 3.20. The summed E-state index contributed by atoms with van der Waals surface area (Å²) >= 11 is 0. The van der Waals surface area contributed by atoms with Crippen molar-refractivity contribution in [1.29, 1.82) is 0 Å². The highest BCUT2D eigenvalue weighted by Gasteiger charge is 2.26. The van der Waals surface area contributed by atoms with Crippen LogP contribution in [0.3, 0.4) is 0 Å². The predicted molar refractivity (Wildman–Crippen MR) is 109 cm³/mol. The molecule has 1 aromatic heterocycles. The molecule has 4 rings (SSSR count). The number of aromatic nitrogens is 1.